The first-order valence-corrected chi connectivity index (χ1v) is 18.5. The number of aromatic nitrogens is 2. The summed E-state index contributed by atoms with van der Waals surface area (Å²) in [6.07, 6.45) is 0. The molecule has 8 aromatic carbocycles. The summed E-state index contributed by atoms with van der Waals surface area (Å²) < 4.78 is 7.36. The van der Waals surface area contributed by atoms with Gasteiger partial charge in [0.1, 0.15) is 0 Å². The van der Waals surface area contributed by atoms with Crippen molar-refractivity contribution in [3.8, 4) is 22.5 Å². The molecule has 0 saturated carbocycles. The zero-order valence-corrected chi connectivity index (χ0v) is 28.9. The van der Waals surface area contributed by atoms with Crippen LogP contribution in [-0.2, 0) is 0 Å². The van der Waals surface area contributed by atoms with Gasteiger partial charge in [-0.1, -0.05) is 103 Å². The lowest BCUT2D eigenvalue weighted by molar-refractivity contribution is 1.18. The second-order valence-electron chi connectivity index (χ2n) is 13.5. The van der Waals surface area contributed by atoms with Crippen molar-refractivity contribution >= 4 is 86.5 Å². The fourth-order valence-corrected chi connectivity index (χ4v) is 9.26. The maximum Gasteiger partial charge on any atom is 0.0541 e. The van der Waals surface area contributed by atoms with Crippen LogP contribution in [0.2, 0.25) is 0 Å². The first-order chi connectivity index (χ1) is 25.8. The molecule has 52 heavy (non-hydrogen) atoms. The number of anilines is 2. The highest BCUT2D eigenvalue weighted by molar-refractivity contribution is 7.25. The maximum absolute atomic E-state index is 3.81. The Bertz CT molecular complexity index is 3070. The number of rotatable bonds is 5. The molecule has 11 rings (SSSR count). The van der Waals surface area contributed by atoms with Crippen LogP contribution in [0.4, 0.5) is 11.4 Å². The Labute approximate surface area is 304 Å². The molecular formula is C48H31N3S. The van der Waals surface area contributed by atoms with Crippen molar-refractivity contribution in [1.82, 2.24) is 9.13 Å². The van der Waals surface area contributed by atoms with Crippen LogP contribution in [0.15, 0.2) is 182 Å². The monoisotopic (exact) mass is 681 g/mol. The fraction of sp³-hybridized carbons (Fsp3) is 0. The van der Waals surface area contributed by atoms with E-state index in [0.717, 1.165) is 22.6 Å². The van der Waals surface area contributed by atoms with Crippen molar-refractivity contribution < 1.29 is 0 Å². The Hall–Kier alpha value is -6.62. The Morgan fingerprint density at radius 1 is 0.365 bits per heavy atom. The number of hydrogen-bond donors (Lipinski definition) is 1. The SMILES string of the molecule is c1cc(-c2ccccc2Nc2ccc3sc4ccc(-n5c6ccccc6c6ccccc65)cc4c3c2)cc(-n2c3ccccc3c3ccccc32)c1. The van der Waals surface area contributed by atoms with E-state index in [1.54, 1.807) is 0 Å². The van der Waals surface area contributed by atoms with Crippen molar-refractivity contribution in [2.75, 3.05) is 5.32 Å². The normalized spacial score (nSPS) is 11.8. The van der Waals surface area contributed by atoms with Gasteiger partial charge < -0.3 is 14.5 Å². The third kappa shape index (κ3) is 4.45. The zero-order valence-electron chi connectivity index (χ0n) is 28.1. The van der Waals surface area contributed by atoms with Crippen LogP contribution in [0, 0.1) is 0 Å². The van der Waals surface area contributed by atoms with Crippen LogP contribution in [0.3, 0.4) is 0 Å². The quantitative estimate of drug-likeness (QED) is 0.192. The molecule has 0 spiro atoms. The van der Waals surface area contributed by atoms with Crippen molar-refractivity contribution in [3.05, 3.63) is 182 Å². The number of nitrogens with one attached hydrogen (secondary N) is 1. The van der Waals surface area contributed by atoms with Crippen molar-refractivity contribution in [2.24, 2.45) is 0 Å². The molecular weight excluding hydrogens is 651 g/mol. The smallest absolute Gasteiger partial charge is 0.0541 e. The van der Waals surface area contributed by atoms with E-state index in [1.165, 1.54) is 75.0 Å². The van der Waals surface area contributed by atoms with Gasteiger partial charge in [0.2, 0.25) is 0 Å². The minimum absolute atomic E-state index is 1.07. The predicted molar refractivity (Wildman–Crippen MR) is 223 cm³/mol. The summed E-state index contributed by atoms with van der Waals surface area (Å²) in [5.41, 5.74) is 11.7. The summed E-state index contributed by atoms with van der Waals surface area (Å²) in [7, 11) is 0. The molecule has 11 aromatic rings. The highest BCUT2D eigenvalue weighted by Gasteiger charge is 2.16. The number of benzene rings is 8. The van der Waals surface area contributed by atoms with Crippen LogP contribution in [0.5, 0.6) is 0 Å². The molecule has 0 unspecified atom stereocenters. The van der Waals surface area contributed by atoms with Gasteiger partial charge >= 0.3 is 0 Å². The average molecular weight is 682 g/mol. The van der Waals surface area contributed by atoms with Crippen LogP contribution in [0.25, 0.3) is 86.3 Å². The summed E-state index contributed by atoms with van der Waals surface area (Å²) in [5, 5.41) is 11.4. The van der Waals surface area contributed by atoms with Crippen molar-refractivity contribution in [1.29, 1.82) is 0 Å². The van der Waals surface area contributed by atoms with E-state index >= 15 is 0 Å². The van der Waals surface area contributed by atoms with Gasteiger partial charge in [0.05, 0.1) is 22.1 Å². The summed E-state index contributed by atoms with van der Waals surface area (Å²) >= 11 is 1.85. The number of fused-ring (bicyclic) bond motifs is 9. The number of nitrogens with zero attached hydrogens (tertiary/aromatic N) is 2. The zero-order chi connectivity index (χ0) is 34.2. The van der Waals surface area contributed by atoms with Gasteiger partial charge in [-0.3, -0.25) is 0 Å². The molecule has 0 bridgehead atoms. The minimum Gasteiger partial charge on any atom is -0.355 e. The molecule has 3 nitrogen and oxygen atoms in total. The average Bonchev–Trinajstić information content (AvgIpc) is 3.85. The lowest BCUT2D eigenvalue weighted by Crippen LogP contribution is -1.96. The van der Waals surface area contributed by atoms with E-state index in [-0.39, 0.29) is 0 Å². The van der Waals surface area contributed by atoms with Crippen LogP contribution < -0.4 is 5.32 Å². The van der Waals surface area contributed by atoms with Gasteiger partial charge in [-0.25, -0.2) is 0 Å². The van der Waals surface area contributed by atoms with E-state index in [4.69, 9.17) is 0 Å². The molecule has 0 fully saturated rings. The predicted octanol–water partition coefficient (Wildman–Crippen LogP) is 13.7. The van der Waals surface area contributed by atoms with Crippen molar-refractivity contribution in [2.45, 2.75) is 0 Å². The molecule has 0 aliphatic carbocycles. The molecule has 0 atom stereocenters. The highest BCUT2D eigenvalue weighted by atomic mass is 32.1. The van der Waals surface area contributed by atoms with E-state index in [2.05, 4.69) is 196 Å². The largest absolute Gasteiger partial charge is 0.355 e. The molecule has 4 heteroatoms. The van der Waals surface area contributed by atoms with Gasteiger partial charge in [0.15, 0.2) is 0 Å². The topological polar surface area (TPSA) is 21.9 Å². The first-order valence-electron chi connectivity index (χ1n) is 17.7. The van der Waals surface area contributed by atoms with Gasteiger partial charge in [-0.2, -0.15) is 0 Å². The van der Waals surface area contributed by atoms with E-state index in [1.807, 2.05) is 11.3 Å². The summed E-state index contributed by atoms with van der Waals surface area (Å²) in [6, 6.07) is 66.0. The molecule has 0 aliphatic rings. The number of thiophene rings is 1. The highest BCUT2D eigenvalue weighted by Crippen LogP contribution is 2.40. The third-order valence-electron chi connectivity index (χ3n) is 10.5. The molecule has 0 amide bonds. The molecule has 3 heterocycles. The Morgan fingerprint density at radius 2 is 0.865 bits per heavy atom. The standard InChI is InChI=1S/C48H31N3S/c1-6-19-42(35(14-1)31-12-11-13-33(28-31)50-43-20-7-2-15-36(43)37-16-3-8-21-44(37)50)49-32-24-26-47-40(29-32)41-30-34(25-27-48(41)52-47)51-45-22-9-4-17-38(45)39-18-5-10-23-46(39)51/h1-30,49H. The number of para-hydroxylation sites is 5. The van der Waals surface area contributed by atoms with E-state index < -0.39 is 0 Å². The minimum atomic E-state index is 1.07. The van der Waals surface area contributed by atoms with Gasteiger partial charge in [0.25, 0.3) is 0 Å². The maximum atomic E-state index is 3.81. The van der Waals surface area contributed by atoms with E-state index in [0.29, 0.717) is 0 Å². The fourth-order valence-electron chi connectivity index (χ4n) is 8.20. The summed E-state index contributed by atoms with van der Waals surface area (Å²) in [4.78, 5) is 0. The molecule has 0 aliphatic heterocycles. The lowest BCUT2D eigenvalue weighted by Gasteiger charge is -2.15. The summed E-state index contributed by atoms with van der Waals surface area (Å²) in [5.74, 6) is 0. The third-order valence-corrected chi connectivity index (χ3v) is 11.6. The van der Waals surface area contributed by atoms with E-state index in [9.17, 15) is 0 Å². The van der Waals surface area contributed by atoms with Gasteiger partial charge in [-0.15, -0.1) is 11.3 Å². The van der Waals surface area contributed by atoms with Crippen LogP contribution in [-0.4, -0.2) is 9.13 Å². The Morgan fingerprint density at radius 3 is 1.48 bits per heavy atom. The van der Waals surface area contributed by atoms with Crippen LogP contribution >= 0.6 is 11.3 Å². The van der Waals surface area contributed by atoms with Crippen molar-refractivity contribution in [3.63, 3.8) is 0 Å². The second-order valence-corrected chi connectivity index (χ2v) is 14.5. The molecule has 0 radical (unpaired) electrons. The van der Waals surface area contributed by atoms with Gasteiger partial charge in [-0.05, 0) is 84.4 Å². The Balaban J connectivity index is 1.000. The second kappa shape index (κ2) is 11.5. The summed E-state index contributed by atoms with van der Waals surface area (Å²) in [6.45, 7) is 0. The first kappa shape index (κ1) is 29.1. The van der Waals surface area contributed by atoms with Crippen LogP contribution in [0.1, 0.15) is 0 Å². The molecule has 244 valence electrons. The van der Waals surface area contributed by atoms with Gasteiger partial charge in [0, 0.05) is 70.0 Å². The molecule has 0 saturated heterocycles. The lowest BCUT2D eigenvalue weighted by atomic mass is 10.0. The number of hydrogen-bond acceptors (Lipinski definition) is 2. The molecule has 3 aromatic heterocycles. The Kier molecular flexibility index (Phi) is 6.42. The molecule has 1 N–H and O–H groups in total.